The molecule has 2 saturated heterocycles. The summed E-state index contributed by atoms with van der Waals surface area (Å²) in [5.74, 6) is 3.19. The van der Waals surface area contributed by atoms with E-state index in [9.17, 15) is 19.8 Å². The molecule has 4 aliphatic rings. The number of ether oxygens (including phenoxy) is 6. The van der Waals surface area contributed by atoms with Gasteiger partial charge in [-0.1, -0.05) is 49.5 Å². The van der Waals surface area contributed by atoms with Crippen molar-refractivity contribution in [3.63, 3.8) is 0 Å². The molecular formula is C35H50ClNO10. The van der Waals surface area contributed by atoms with Crippen LogP contribution in [0.2, 0.25) is 0 Å². The fraction of sp³-hybridized carbons (Fsp3) is 0.714. The Labute approximate surface area is 283 Å². The van der Waals surface area contributed by atoms with Gasteiger partial charge in [0.1, 0.15) is 17.8 Å². The summed E-state index contributed by atoms with van der Waals surface area (Å²) in [4.78, 5) is 24.6. The number of rotatable bonds is 8. The van der Waals surface area contributed by atoms with Crippen LogP contribution in [0.3, 0.4) is 0 Å². The van der Waals surface area contributed by atoms with Crippen LogP contribution in [0.4, 0.5) is 0 Å². The number of amides is 1. The molecule has 47 heavy (non-hydrogen) atoms. The van der Waals surface area contributed by atoms with Gasteiger partial charge in [0, 0.05) is 50.2 Å². The molecule has 14 atom stereocenters. The molecule has 1 aliphatic carbocycles. The number of cyclic esters (lactones) is 1. The molecule has 0 unspecified atom stereocenters. The van der Waals surface area contributed by atoms with E-state index in [4.69, 9.17) is 40.0 Å². The summed E-state index contributed by atoms with van der Waals surface area (Å²) in [6, 6.07) is -0.758. The standard InChI is InChI=1S/C35H50ClNO10/c1-20-14-25(13-11-9-8-10-12-24-16-26(24)36)45-29(39)18-35(41)17-28(22(3)30(47-35)21(2)27(15-20)42-6)46-33-32(43-7)34(5,40)31(37-19-38)23(4)44-33/h8-9,11,13,15,19,21-28,30-33,40-41H,14,16-18H2,1-7H3,(H,37,38)/b9-8+,13-11+,20-15+/t21-,22-,23+,24-,25+,26-,27-,28+,30+,31-,32+,33+,34-,35+/m1/s1. The number of carbonyl (C=O) groups is 2. The molecule has 11 nitrogen and oxygen atoms in total. The van der Waals surface area contributed by atoms with Gasteiger partial charge < -0.3 is 44.0 Å². The lowest BCUT2D eigenvalue weighted by molar-refractivity contribution is -0.352. The first-order valence-electron chi connectivity index (χ1n) is 16.3. The molecule has 12 heteroatoms. The number of carbonyl (C=O) groups excluding carboxylic acids is 2. The van der Waals surface area contributed by atoms with Gasteiger partial charge in [-0.2, -0.15) is 0 Å². The van der Waals surface area contributed by atoms with Gasteiger partial charge >= 0.3 is 5.97 Å². The normalized spacial score (nSPS) is 45.5. The van der Waals surface area contributed by atoms with E-state index in [2.05, 4.69) is 17.2 Å². The summed E-state index contributed by atoms with van der Waals surface area (Å²) in [5.41, 5.74) is -0.591. The smallest absolute Gasteiger partial charge is 0.311 e. The Balaban J connectivity index is 1.58. The van der Waals surface area contributed by atoms with E-state index >= 15 is 0 Å². The summed E-state index contributed by atoms with van der Waals surface area (Å²) >= 11 is 6.00. The predicted octanol–water partition coefficient (Wildman–Crippen LogP) is 3.16. The summed E-state index contributed by atoms with van der Waals surface area (Å²) in [7, 11) is 3.04. The van der Waals surface area contributed by atoms with E-state index in [0.717, 1.165) is 12.0 Å². The molecule has 0 aromatic heterocycles. The predicted molar refractivity (Wildman–Crippen MR) is 174 cm³/mol. The number of nitrogens with one attached hydrogen (secondary N) is 1. The maximum Gasteiger partial charge on any atom is 0.311 e. The molecule has 0 aromatic rings. The van der Waals surface area contributed by atoms with Crippen molar-refractivity contribution in [3.05, 3.63) is 36.0 Å². The van der Waals surface area contributed by atoms with Crippen LogP contribution in [0.5, 0.6) is 0 Å². The van der Waals surface area contributed by atoms with E-state index in [-0.39, 0.29) is 35.7 Å². The Morgan fingerprint density at radius 1 is 1.15 bits per heavy atom. The van der Waals surface area contributed by atoms with Crippen molar-refractivity contribution >= 4 is 24.0 Å². The number of esters is 1. The fourth-order valence-corrected chi connectivity index (χ4v) is 7.17. The average molecular weight is 680 g/mol. The maximum atomic E-state index is 13.3. The van der Waals surface area contributed by atoms with Gasteiger partial charge in [-0.05, 0) is 39.3 Å². The quantitative estimate of drug-likeness (QED) is 0.0875. The Hall–Kier alpha value is -2.27. The minimum absolute atomic E-state index is 0.0755. The molecule has 3 N–H and O–H groups in total. The molecule has 0 aromatic carbocycles. The number of alkyl halides is 1. The van der Waals surface area contributed by atoms with Crippen LogP contribution in [0, 0.1) is 29.6 Å². The summed E-state index contributed by atoms with van der Waals surface area (Å²) in [6.07, 6.45) is 5.45. The van der Waals surface area contributed by atoms with Gasteiger partial charge in [-0.3, -0.25) is 9.59 Å². The van der Waals surface area contributed by atoms with Gasteiger partial charge in [-0.15, -0.1) is 11.6 Å². The third-order valence-corrected chi connectivity index (χ3v) is 10.1. The zero-order chi connectivity index (χ0) is 34.5. The van der Waals surface area contributed by atoms with Crippen molar-refractivity contribution in [2.75, 3.05) is 14.2 Å². The van der Waals surface area contributed by atoms with Gasteiger partial charge in [0.15, 0.2) is 12.1 Å². The summed E-state index contributed by atoms with van der Waals surface area (Å²) in [5, 5.41) is 26.0. The molecule has 0 spiro atoms. The molecule has 0 radical (unpaired) electrons. The SMILES string of the molecule is CO[C@@H]1/C=C(\C)C[C@H](/C=C/C=C/C#C[C@@H]2C[C@H]2Cl)OC(=O)C[C@]2(O)C[C@H](O[C@@H]3O[C@@H](C)[C@@H](NC=O)[C@@](C)(O)[C@H]3OC)[C@@H](C)[C@@H](O2)[C@@H]1C. The third-order valence-electron chi connectivity index (χ3n) is 9.64. The summed E-state index contributed by atoms with van der Waals surface area (Å²) in [6.45, 7) is 9.14. The van der Waals surface area contributed by atoms with Gasteiger partial charge in [-0.25, -0.2) is 0 Å². The van der Waals surface area contributed by atoms with E-state index in [1.807, 2.05) is 26.8 Å². The van der Waals surface area contributed by atoms with Crippen LogP contribution in [0.1, 0.15) is 60.3 Å². The molecule has 3 aliphatic heterocycles. The Bertz CT molecular complexity index is 1260. The third kappa shape index (κ3) is 9.25. The van der Waals surface area contributed by atoms with Gasteiger partial charge in [0.25, 0.3) is 0 Å². The number of fused-ring (bicyclic) bond motifs is 2. The number of halogens is 1. The minimum atomic E-state index is -1.93. The monoisotopic (exact) mass is 679 g/mol. The van der Waals surface area contributed by atoms with E-state index in [0.29, 0.717) is 12.8 Å². The molecule has 1 saturated carbocycles. The fourth-order valence-electron chi connectivity index (χ4n) is 6.92. The number of aliphatic hydroxyl groups is 2. The Kier molecular flexibility index (Phi) is 12.8. The first-order chi connectivity index (χ1) is 22.2. The van der Waals surface area contributed by atoms with Crippen molar-refractivity contribution in [2.45, 2.75) is 126 Å². The van der Waals surface area contributed by atoms with Crippen molar-refractivity contribution in [1.29, 1.82) is 0 Å². The largest absolute Gasteiger partial charge is 0.458 e. The van der Waals surface area contributed by atoms with Crippen LogP contribution in [0.25, 0.3) is 0 Å². The lowest BCUT2D eigenvalue weighted by atomic mass is 9.79. The second-order valence-corrected chi connectivity index (χ2v) is 14.1. The molecular weight excluding hydrogens is 630 g/mol. The Morgan fingerprint density at radius 2 is 1.87 bits per heavy atom. The van der Waals surface area contributed by atoms with Gasteiger partial charge in [0.2, 0.25) is 6.41 Å². The van der Waals surface area contributed by atoms with Crippen LogP contribution < -0.4 is 5.32 Å². The van der Waals surface area contributed by atoms with Crippen LogP contribution in [0.15, 0.2) is 36.0 Å². The highest BCUT2D eigenvalue weighted by Gasteiger charge is 2.56. The van der Waals surface area contributed by atoms with Gasteiger partial charge in [0.05, 0.1) is 36.9 Å². The first-order valence-corrected chi connectivity index (χ1v) is 16.7. The Morgan fingerprint density at radius 3 is 2.51 bits per heavy atom. The molecule has 262 valence electrons. The number of hydrogen-bond donors (Lipinski definition) is 3. The zero-order valence-corrected chi connectivity index (χ0v) is 29.0. The van der Waals surface area contributed by atoms with Crippen molar-refractivity contribution in [2.24, 2.45) is 17.8 Å². The topological polar surface area (TPSA) is 142 Å². The zero-order valence-electron chi connectivity index (χ0n) is 28.3. The molecule has 1 amide bonds. The lowest BCUT2D eigenvalue weighted by Gasteiger charge is -2.52. The van der Waals surface area contributed by atoms with Crippen LogP contribution in [-0.2, 0) is 38.0 Å². The number of allylic oxidation sites excluding steroid dienone is 3. The molecule has 4 rings (SSSR count). The van der Waals surface area contributed by atoms with E-state index in [1.165, 1.54) is 7.11 Å². The van der Waals surface area contributed by atoms with Crippen molar-refractivity contribution < 1.29 is 48.2 Å². The second kappa shape index (κ2) is 16.0. The highest BCUT2D eigenvalue weighted by Crippen LogP contribution is 2.42. The molecule has 3 fully saturated rings. The maximum absolute atomic E-state index is 13.3. The summed E-state index contributed by atoms with van der Waals surface area (Å²) < 4.78 is 36.4. The van der Waals surface area contributed by atoms with Crippen LogP contribution in [-0.4, -0.2) is 103 Å². The first kappa shape index (κ1) is 37.5. The average Bonchev–Trinajstić information content (AvgIpc) is 3.70. The van der Waals surface area contributed by atoms with E-state index < -0.39 is 66.6 Å². The molecule has 3 heterocycles. The highest BCUT2D eigenvalue weighted by atomic mass is 35.5. The van der Waals surface area contributed by atoms with Crippen molar-refractivity contribution in [1.82, 2.24) is 5.32 Å². The molecule has 2 bridgehead atoms. The van der Waals surface area contributed by atoms with Crippen LogP contribution >= 0.6 is 11.6 Å². The van der Waals surface area contributed by atoms with Crippen molar-refractivity contribution in [3.8, 4) is 11.8 Å². The van der Waals surface area contributed by atoms with E-state index in [1.54, 1.807) is 45.3 Å². The number of methoxy groups -OCH3 is 2. The lowest BCUT2D eigenvalue weighted by Crippen LogP contribution is -2.70. The second-order valence-electron chi connectivity index (χ2n) is 13.5. The number of hydrogen-bond acceptors (Lipinski definition) is 10. The highest BCUT2D eigenvalue weighted by molar-refractivity contribution is 6.22. The minimum Gasteiger partial charge on any atom is -0.458 e.